The summed E-state index contributed by atoms with van der Waals surface area (Å²) in [6, 6.07) is 11.0. The summed E-state index contributed by atoms with van der Waals surface area (Å²) in [6.07, 6.45) is 4.61. The second-order valence-electron chi connectivity index (χ2n) is 6.80. The second kappa shape index (κ2) is 6.07. The van der Waals surface area contributed by atoms with Crippen LogP contribution in [0.4, 0.5) is 11.4 Å². The molecule has 8 heteroatoms. The number of benzene rings is 2. The van der Waals surface area contributed by atoms with Gasteiger partial charge in [-0.3, -0.25) is 4.79 Å². The zero-order chi connectivity index (χ0) is 19.3. The summed E-state index contributed by atoms with van der Waals surface area (Å²) in [7, 11) is -3.05. The average molecular weight is 393 g/mol. The average Bonchev–Trinajstić information content (AvgIpc) is 3.35. The fourth-order valence-electron chi connectivity index (χ4n) is 3.51. The number of amides is 1. The number of nitrogens with one attached hydrogen (secondary N) is 2. The summed E-state index contributed by atoms with van der Waals surface area (Å²) in [5.74, 6) is 0.553. The number of nitrogens with zero attached hydrogens (tertiary/aromatic N) is 1. The van der Waals surface area contributed by atoms with Gasteiger partial charge >= 0.3 is 0 Å². The molecule has 2 aromatic carbocycles. The van der Waals surface area contributed by atoms with Crippen LogP contribution in [-0.4, -0.2) is 19.3 Å². The minimum Gasteiger partial charge on any atom is -0.444 e. The van der Waals surface area contributed by atoms with Gasteiger partial charge in [0.1, 0.15) is 0 Å². The Morgan fingerprint density at radius 1 is 1.11 bits per heavy atom. The largest absolute Gasteiger partial charge is 0.444 e. The van der Waals surface area contributed by atoms with Crippen LogP contribution >= 0.6 is 0 Å². The molecule has 5 rings (SSSR count). The Balaban J connectivity index is 1.46. The molecular weight excluding hydrogens is 378 g/mol. The van der Waals surface area contributed by atoms with Gasteiger partial charge in [0.2, 0.25) is 0 Å². The van der Waals surface area contributed by atoms with Crippen LogP contribution in [0.1, 0.15) is 16.7 Å². The lowest BCUT2D eigenvalue weighted by Crippen LogP contribution is -2.05. The predicted molar refractivity (Wildman–Crippen MR) is 105 cm³/mol. The van der Waals surface area contributed by atoms with Crippen LogP contribution in [0.3, 0.4) is 0 Å². The van der Waals surface area contributed by atoms with Crippen LogP contribution in [-0.2, 0) is 26.1 Å². The lowest BCUT2D eigenvalue weighted by atomic mass is 10.0. The quantitative estimate of drug-likeness (QED) is 0.663. The van der Waals surface area contributed by atoms with Crippen molar-refractivity contribution in [2.24, 2.45) is 0 Å². The van der Waals surface area contributed by atoms with E-state index >= 15 is 0 Å². The molecule has 1 amide bonds. The molecule has 0 radical (unpaired) electrons. The molecule has 1 aromatic heterocycles. The Bertz CT molecular complexity index is 1240. The Morgan fingerprint density at radius 3 is 2.79 bits per heavy atom. The van der Waals surface area contributed by atoms with Gasteiger partial charge in [-0.2, -0.15) is 0 Å². The third kappa shape index (κ3) is 2.87. The van der Waals surface area contributed by atoms with Crippen molar-refractivity contribution in [3.05, 3.63) is 71.9 Å². The molecule has 0 spiro atoms. The first-order valence-corrected chi connectivity index (χ1v) is 10.4. The number of hydrogen-bond acceptors (Lipinski definition) is 6. The zero-order valence-corrected chi connectivity index (χ0v) is 15.4. The Morgan fingerprint density at radius 2 is 1.96 bits per heavy atom. The third-order valence-corrected chi connectivity index (χ3v) is 6.36. The number of carbonyl (C=O) groups excluding carboxylic acids is 1. The molecule has 3 heterocycles. The normalized spacial score (nSPS) is 18.0. The first kappa shape index (κ1) is 16.8. The van der Waals surface area contributed by atoms with Gasteiger partial charge < -0.3 is 15.1 Å². The zero-order valence-electron chi connectivity index (χ0n) is 14.6. The number of oxazole rings is 1. The molecular formula is C20H15N3O4S. The highest BCUT2D eigenvalue weighted by Gasteiger charge is 2.26. The van der Waals surface area contributed by atoms with Gasteiger partial charge in [0, 0.05) is 28.7 Å². The summed E-state index contributed by atoms with van der Waals surface area (Å²) in [4.78, 5) is 16.3. The van der Waals surface area contributed by atoms with Crippen molar-refractivity contribution in [3.63, 3.8) is 0 Å². The number of fused-ring (bicyclic) bond motifs is 2. The van der Waals surface area contributed by atoms with Crippen molar-refractivity contribution in [2.45, 2.75) is 11.5 Å². The number of carbonyl (C=O) groups is 1. The van der Waals surface area contributed by atoms with E-state index in [2.05, 4.69) is 15.6 Å². The van der Waals surface area contributed by atoms with E-state index < -0.39 is 9.84 Å². The molecule has 2 aliphatic rings. The number of anilines is 2. The molecule has 28 heavy (non-hydrogen) atoms. The summed E-state index contributed by atoms with van der Waals surface area (Å²) in [5, 5.41) is 5.95. The Labute approximate surface area is 161 Å². The smallest absolute Gasteiger partial charge is 0.257 e. The van der Waals surface area contributed by atoms with Crippen LogP contribution in [0, 0.1) is 0 Å². The van der Waals surface area contributed by atoms with E-state index in [1.54, 1.807) is 12.4 Å². The van der Waals surface area contributed by atoms with Gasteiger partial charge in [0.25, 0.3) is 5.91 Å². The van der Waals surface area contributed by atoms with E-state index in [9.17, 15) is 13.2 Å². The van der Waals surface area contributed by atoms with Crippen LogP contribution in [0.5, 0.6) is 0 Å². The van der Waals surface area contributed by atoms with E-state index in [1.165, 1.54) is 6.39 Å². The maximum Gasteiger partial charge on any atom is 0.257 e. The van der Waals surface area contributed by atoms with Crippen molar-refractivity contribution in [1.29, 1.82) is 0 Å². The highest BCUT2D eigenvalue weighted by atomic mass is 32.2. The Hall–Kier alpha value is -3.39. The maximum atomic E-state index is 12.4. The predicted octanol–water partition coefficient (Wildman–Crippen LogP) is 3.18. The molecule has 0 aliphatic carbocycles. The lowest BCUT2D eigenvalue weighted by Gasteiger charge is -2.05. The van der Waals surface area contributed by atoms with E-state index in [-0.39, 0.29) is 17.4 Å². The summed E-state index contributed by atoms with van der Waals surface area (Å²) in [5.41, 5.74) is 5.16. The van der Waals surface area contributed by atoms with Crippen LogP contribution in [0.15, 0.2) is 59.6 Å². The van der Waals surface area contributed by atoms with Gasteiger partial charge in [0.05, 0.1) is 23.3 Å². The Kier molecular flexibility index (Phi) is 3.63. The van der Waals surface area contributed by atoms with Crippen molar-refractivity contribution in [3.8, 4) is 11.3 Å². The molecule has 7 nitrogen and oxygen atoms in total. The SMILES string of the molecule is O=C1Nc2ccc(-c3cnco3)cc2C1=CNc1ccc2c(c1)CS(=O)(=O)C2. The summed E-state index contributed by atoms with van der Waals surface area (Å²) >= 11 is 0. The topological polar surface area (TPSA) is 101 Å². The second-order valence-corrected chi connectivity index (χ2v) is 8.86. The lowest BCUT2D eigenvalue weighted by molar-refractivity contribution is -0.110. The highest BCUT2D eigenvalue weighted by Crippen LogP contribution is 2.35. The molecule has 140 valence electrons. The molecule has 0 fully saturated rings. The number of sulfone groups is 1. The molecule has 0 saturated carbocycles. The maximum absolute atomic E-state index is 12.4. The minimum absolute atomic E-state index is 0.0539. The molecule has 3 aromatic rings. The number of aromatic nitrogens is 1. The van der Waals surface area contributed by atoms with Crippen molar-refractivity contribution >= 4 is 32.7 Å². The molecule has 0 unspecified atom stereocenters. The van der Waals surface area contributed by atoms with E-state index in [0.29, 0.717) is 11.3 Å². The standard InChI is InChI=1S/C20H15N3O4S/c24-20-17(7-22-15-3-1-13-9-28(25,26)10-14(13)5-15)16-6-12(2-4-18(16)23-20)19-8-21-11-27-19/h1-8,11,22H,9-10H2,(H,23,24). The van der Waals surface area contributed by atoms with Gasteiger partial charge in [-0.25, -0.2) is 13.4 Å². The first-order chi connectivity index (χ1) is 13.5. The van der Waals surface area contributed by atoms with Crippen molar-refractivity contribution in [2.75, 3.05) is 10.6 Å². The van der Waals surface area contributed by atoms with E-state index in [0.717, 1.165) is 33.6 Å². The number of hydrogen-bond donors (Lipinski definition) is 2. The van der Waals surface area contributed by atoms with E-state index in [4.69, 9.17) is 4.42 Å². The number of rotatable bonds is 3. The van der Waals surface area contributed by atoms with E-state index in [1.807, 2.05) is 36.4 Å². The molecule has 0 atom stereocenters. The molecule has 2 aliphatic heterocycles. The highest BCUT2D eigenvalue weighted by molar-refractivity contribution is 7.90. The van der Waals surface area contributed by atoms with Gasteiger partial charge in [-0.05, 0) is 41.5 Å². The monoisotopic (exact) mass is 393 g/mol. The van der Waals surface area contributed by atoms with Crippen molar-refractivity contribution < 1.29 is 17.6 Å². The molecule has 2 N–H and O–H groups in total. The fourth-order valence-corrected chi connectivity index (χ4v) is 5.11. The first-order valence-electron chi connectivity index (χ1n) is 8.62. The summed E-state index contributed by atoms with van der Waals surface area (Å²) < 4.78 is 28.9. The van der Waals surface area contributed by atoms with Gasteiger partial charge in [-0.1, -0.05) is 6.07 Å². The minimum atomic E-state index is -3.05. The van der Waals surface area contributed by atoms with Gasteiger partial charge in [-0.15, -0.1) is 0 Å². The van der Waals surface area contributed by atoms with Crippen LogP contribution in [0.2, 0.25) is 0 Å². The van der Waals surface area contributed by atoms with Gasteiger partial charge in [0.15, 0.2) is 22.0 Å². The van der Waals surface area contributed by atoms with Crippen LogP contribution < -0.4 is 10.6 Å². The third-order valence-electron chi connectivity index (χ3n) is 4.86. The molecule has 0 saturated heterocycles. The summed E-state index contributed by atoms with van der Waals surface area (Å²) in [6.45, 7) is 0. The fraction of sp³-hybridized carbons (Fsp3) is 0.100. The van der Waals surface area contributed by atoms with Crippen molar-refractivity contribution in [1.82, 2.24) is 4.98 Å². The molecule has 0 bridgehead atoms. The van der Waals surface area contributed by atoms with Crippen LogP contribution in [0.25, 0.3) is 16.9 Å².